The molecule has 5 rings (SSSR count). The van der Waals surface area contributed by atoms with Crippen molar-refractivity contribution in [2.45, 2.75) is 12.8 Å². The summed E-state index contributed by atoms with van der Waals surface area (Å²) in [6, 6.07) is 18.3. The van der Waals surface area contributed by atoms with Gasteiger partial charge in [-0.3, -0.25) is 4.79 Å². The molecule has 5 heteroatoms. The largest absolute Gasteiger partial charge is 0.352 e. The summed E-state index contributed by atoms with van der Waals surface area (Å²) in [4.78, 5) is 26.4. The lowest BCUT2D eigenvalue weighted by molar-refractivity contribution is -0.132. The van der Waals surface area contributed by atoms with Gasteiger partial charge < -0.3 is 9.80 Å². The van der Waals surface area contributed by atoms with Crippen LogP contribution in [0.1, 0.15) is 12.8 Å². The number of hydrogen-bond donors (Lipinski definition) is 0. The van der Waals surface area contributed by atoms with Gasteiger partial charge in [0.1, 0.15) is 5.82 Å². The highest BCUT2D eigenvalue weighted by atomic mass is 16.2. The third-order valence-corrected chi connectivity index (χ3v) is 5.43. The van der Waals surface area contributed by atoms with Crippen LogP contribution in [0.4, 0.5) is 5.82 Å². The maximum Gasteiger partial charge on any atom is 0.225 e. The summed E-state index contributed by atoms with van der Waals surface area (Å²) in [5.74, 6) is 2.35. The molecular weight excluding hydrogens is 336 g/mol. The van der Waals surface area contributed by atoms with Crippen LogP contribution in [0.3, 0.4) is 0 Å². The summed E-state index contributed by atoms with van der Waals surface area (Å²) in [5.41, 5.74) is 1.98. The highest BCUT2D eigenvalue weighted by Gasteiger charge is 2.34. The minimum Gasteiger partial charge on any atom is -0.352 e. The summed E-state index contributed by atoms with van der Waals surface area (Å²) in [6.07, 6.45) is 2.13. The molecule has 1 aromatic heterocycles. The van der Waals surface area contributed by atoms with Crippen LogP contribution in [0, 0.1) is 5.92 Å². The quantitative estimate of drug-likeness (QED) is 0.720. The van der Waals surface area contributed by atoms with Crippen molar-refractivity contribution in [3.8, 4) is 11.4 Å². The Morgan fingerprint density at radius 3 is 2.30 bits per heavy atom. The normalized spacial score (nSPS) is 17.3. The third kappa shape index (κ3) is 3.14. The van der Waals surface area contributed by atoms with Gasteiger partial charge in [0.2, 0.25) is 5.91 Å². The second-order valence-corrected chi connectivity index (χ2v) is 7.34. The number of fused-ring (bicyclic) bond motifs is 1. The number of anilines is 1. The van der Waals surface area contributed by atoms with Crippen molar-refractivity contribution in [3.63, 3.8) is 0 Å². The predicted octanol–water partition coefficient (Wildman–Crippen LogP) is 3.36. The molecule has 27 heavy (non-hydrogen) atoms. The third-order valence-electron chi connectivity index (χ3n) is 5.43. The van der Waals surface area contributed by atoms with Gasteiger partial charge in [-0.1, -0.05) is 42.5 Å². The van der Waals surface area contributed by atoms with Crippen LogP contribution in [0.25, 0.3) is 22.3 Å². The smallest absolute Gasteiger partial charge is 0.225 e. The van der Waals surface area contributed by atoms with Gasteiger partial charge in [0.25, 0.3) is 0 Å². The van der Waals surface area contributed by atoms with Crippen molar-refractivity contribution in [3.05, 3.63) is 54.6 Å². The number of piperazine rings is 1. The lowest BCUT2D eigenvalue weighted by Crippen LogP contribution is -2.49. The van der Waals surface area contributed by atoms with Gasteiger partial charge in [-0.15, -0.1) is 0 Å². The summed E-state index contributed by atoms with van der Waals surface area (Å²) >= 11 is 0. The minimum atomic E-state index is 0.293. The van der Waals surface area contributed by atoms with Crippen LogP contribution in [0.5, 0.6) is 0 Å². The van der Waals surface area contributed by atoms with Crippen molar-refractivity contribution >= 4 is 22.6 Å². The second-order valence-electron chi connectivity index (χ2n) is 7.34. The van der Waals surface area contributed by atoms with E-state index in [1.807, 2.05) is 53.4 Å². The highest BCUT2D eigenvalue weighted by molar-refractivity contribution is 5.91. The maximum atomic E-state index is 12.3. The molecule has 1 amide bonds. The van der Waals surface area contributed by atoms with E-state index in [0.717, 1.165) is 67.1 Å². The average molecular weight is 358 g/mol. The van der Waals surface area contributed by atoms with Crippen molar-refractivity contribution in [1.29, 1.82) is 0 Å². The number of carbonyl (C=O) groups is 1. The van der Waals surface area contributed by atoms with E-state index < -0.39 is 0 Å². The van der Waals surface area contributed by atoms with E-state index in [9.17, 15) is 4.79 Å². The first-order valence-electron chi connectivity index (χ1n) is 9.65. The molecule has 2 aliphatic rings. The zero-order chi connectivity index (χ0) is 18.2. The zero-order valence-electron chi connectivity index (χ0n) is 15.2. The van der Waals surface area contributed by atoms with Gasteiger partial charge in [0, 0.05) is 43.0 Å². The number of hydrogen-bond acceptors (Lipinski definition) is 4. The van der Waals surface area contributed by atoms with Crippen molar-refractivity contribution < 1.29 is 4.79 Å². The monoisotopic (exact) mass is 358 g/mol. The zero-order valence-corrected chi connectivity index (χ0v) is 15.2. The van der Waals surface area contributed by atoms with Gasteiger partial charge in [-0.25, -0.2) is 9.97 Å². The van der Waals surface area contributed by atoms with Crippen LogP contribution in [0.2, 0.25) is 0 Å². The van der Waals surface area contributed by atoms with Gasteiger partial charge in [-0.05, 0) is 25.0 Å². The topological polar surface area (TPSA) is 49.3 Å². The Morgan fingerprint density at radius 2 is 1.56 bits per heavy atom. The molecule has 0 unspecified atom stereocenters. The Morgan fingerprint density at radius 1 is 0.852 bits per heavy atom. The molecule has 136 valence electrons. The van der Waals surface area contributed by atoms with Gasteiger partial charge in [0.05, 0.1) is 5.52 Å². The van der Waals surface area contributed by atoms with E-state index in [-0.39, 0.29) is 0 Å². The van der Waals surface area contributed by atoms with Crippen LogP contribution in [0.15, 0.2) is 54.6 Å². The van der Waals surface area contributed by atoms with Crippen molar-refractivity contribution in [1.82, 2.24) is 14.9 Å². The van der Waals surface area contributed by atoms with Crippen LogP contribution >= 0.6 is 0 Å². The van der Waals surface area contributed by atoms with Crippen LogP contribution in [-0.4, -0.2) is 47.0 Å². The number of aromatic nitrogens is 2. The SMILES string of the molecule is O=C(C1CC1)N1CCN(c2nc(-c3ccccc3)nc3ccccc23)CC1. The van der Waals surface area contributed by atoms with E-state index in [0.29, 0.717) is 11.8 Å². The first-order valence-corrected chi connectivity index (χ1v) is 9.65. The highest BCUT2D eigenvalue weighted by Crippen LogP contribution is 2.32. The first kappa shape index (κ1) is 16.2. The fourth-order valence-corrected chi connectivity index (χ4v) is 3.74. The Hall–Kier alpha value is -2.95. The molecule has 5 nitrogen and oxygen atoms in total. The summed E-state index contributed by atoms with van der Waals surface area (Å²) < 4.78 is 0. The first-order chi connectivity index (χ1) is 13.3. The Balaban J connectivity index is 1.48. The Bertz CT molecular complexity index is 976. The second kappa shape index (κ2) is 6.65. The van der Waals surface area contributed by atoms with Crippen molar-refractivity contribution in [2.24, 2.45) is 5.92 Å². The Kier molecular flexibility index (Phi) is 4.00. The maximum absolute atomic E-state index is 12.3. The number of carbonyl (C=O) groups excluding carboxylic acids is 1. The number of amides is 1. The molecule has 0 spiro atoms. The molecule has 2 fully saturated rings. The average Bonchev–Trinajstić information content (AvgIpc) is 3.59. The molecule has 3 aromatic rings. The molecule has 0 atom stereocenters. The van der Waals surface area contributed by atoms with E-state index in [4.69, 9.17) is 9.97 Å². The lowest BCUT2D eigenvalue weighted by atomic mass is 10.1. The predicted molar refractivity (Wildman–Crippen MR) is 106 cm³/mol. The van der Waals surface area contributed by atoms with Crippen molar-refractivity contribution in [2.75, 3.05) is 31.1 Å². The van der Waals surface area contributed by atoms with E-state index in [2.05, 4.69) is 11.0 Å². The molecule has 2 heterocycles. The molecule has 1 aliphatic carbocycles. The molecule has 1 saturated carbocycles. The number of nitrogens with zero attached hydrogens (tertiary/aromatic N) is 4. The molecule has 1 aliphatic heterocycles. The molecule has 2 aromatic carbocycles. The van der Waals surface area contributed by atoms with Gasteiger partial charge in [-0.2, -0.15) is 0 Å². The number of benzene rings is 2. The molecule has 0 radical (unpaired) electrons. The Labute approximate surface area is 158 Å². The fraction of sp³-hybridized carbons (Fsp3) is 0.318. The summed E-state index contributed by atoms with van der Waals surface area (Å²) in [7, 11) is 0. The van der Waals surface area contributed by atoms with E-state index >= 15 is 0 Å². The summed E-state index contributed by atoms with van der Waals surface area (Å²) in [5, 5.41) is 1.07. The molecular formula is C22H22N4O. The summed E-state index contributed by atoms with van der Waals surface area (Å²) in [6.45, 7) is 3.17. The van der Waals surface area contributed by atoms with Crippen LogP contribution < -0.4 is 4.90 Å². The van der Waals surface area contributed by atoms with Crippen LogP contribution in [-0.2, 0) is 4.79 Å². The van der Waals surface area contributed by atoms with E-state index in [1.54, 1.807) is 0 Å². The van der Waals surface area contributed by atoms with Gasteiger partial charge >= 0.3 is 0 Å². The number of rotatable bonds is 3. The number of para-hydroxylation sites is 1. The van der Waals surface area contributed by atoms with E-state index in [1.165, 1.54) is 0 Å². The fourth-order valence-electron chi connectivity index (χ4n) is 3.74. The minimum absolute atomic E-state index is 0.293. The molecule has 0 bridgehead atoms. The van der Waals surface area contributed by atoms with Gasteiger partial charge in [0.15, 0.2) is 5.82 Å². The molecule has 0 N–H and O–H groups in total. The molecule has 1 saturated heterocycles. The standard InChI is InChI=1S/C22H22N4O/c27-22(17-10-11-17)26-14-12-25(13-15-26)21-18-8-4-5-9-19(18)23-20(24-21)16-6-2-1-3-7-16/h1-9,17H,10-15H2. The lowest BCUT2D eigenvalue weighted by Gasteiger charge is -2.36.